The third kappa shape index (κ3) is 3.41. The molecule has 2 N–H and O–H groups in total. The fourth-order valence-electron chi connectivity index (χ4n) is 3.43. The zero-order valence-corrected chi connectivity index (χ0v) is 14.4. The van der Waals surface area contributed by atoms with E-state index < -0.39 is 0 Å². The number of aromatic nitrogens is 2. The van der Waals surface area contributed by atoms with Gasteiger partial charge >= 0.3 is 0 Å². The van der Waals surface area contributed by atoms with Crippen molar-refractivity contribution in [3.8, 4) is 0 Å². The highest BCUT2D eigenvalue weighted by Crippen LogP contribution is 2.35. The summed E-state index contributed by atoms with van der Waals surface area (Å²) in [5.41, 5.74) is 3.75. The Morgan fingerprint density at radius 1 is 1.12 bits per heavy atom. The van der Waals surface area contributed by atoms with E-state index in [4.69, 9.17) is 0 Å². The summed E-state index contributed by atoms with van der Waals surface area (Å²) >= 11 is 0. The number of nitrogens with one attached hydrogen (secondary N) is 1. The van der Waals surface area contributed by atoms with E-state index in [1.165, 1.54) is 6.42 Å². The molecule has 5 heteroatoms. The standard InChI is InChI=1S/C19H25N3O2/c1-13-14(2)22-17-10-15(6-7-16(17)21-13)18(24)20-11-19(12-23)8-4-3-5-9-19/h6-7,10,23H,3-5,8-9,11-12H2,1-2H3,(H,20,24). The first-order chi connectivity index (χ1) is 11.5. The van der Waals surface area contributed by atoms with Gasteiger partial charge in [0.15, 0.2) is 0 Å². The molecule has 1 aliphatic carbocycles. The highest BCUT2D eigenvalue weighted by Gasteiger charge is 2.31. The van der Waals surface area contributed by atoms with Crippen LogP contribution in [0.4, 0.5) is 0 Å². The van der Waals surface area contributed by atoms with Crippen molar-refractivity contribution in [1.29, 1.82) is 0 Å². The van der Waals surface area contributed by atoms with Gasteiger partial charge in [-0.15, -0.1) is 0 Å². The van der Waals surface area contributed by atoms with E-state index in [1.54, 1.807) is 12.1 Å². The number of hydrogen-bond acceptors (Lipinski definition) is 4. The number of aliphatic hydroxyl groups excluding tert-OH is 1. The maximum absolute atomic E-state index is 12.5. The molecule has 0 atom stereocenters. The number of amides is 1. The van der Waals surface area contributed by atoms with Crippen molar-refractivity contribution >= 4 is 16.9 Å². The molecule has 1 aliphatic rings. The molecule has 1 aromatic heterocycles. The Morgan fingerprint density at radius 3 is 2.46 bits per heavy atom. The van der Waals surface area contributed by atoms with Gasteiger partial charge in [0.1, 0.15) is 0 Å². The SMILES string of the molecule is Cc1nc2ccc(C(=O)NCC3(CO)CCCCC3)cc2nc1C. The number of carbonyl (C=O) groups is 1. The van der Waals surface area contributed by atoms with Crippen LogP contribution in [0.3, 0.4) is 0 Å². The van der Waals surface area contributed by atoms with Crippen LogP contribution < -0.4 is 5.32 Å². The summed E-state index contributed by atoms with van der Waals surface area (Å²) < 4.78 is 0. The molecule has 5 nitrogen and oxygen atoms in total. The number of rotatable bonds is 4. The number of carbonyl (C=O) groups excluding carboxylic acids is 1. The predicted octanol–water partition coefficient (Wildman–Crippen LogP) is 2.92. The van der Waals surface area contributed by atoms with Crippen LogP contribution in [0.1, 0.15) is 53.8 Å². The van der Waals surface area contributed by atoms with Crippen LogP contribution in [-0.4, -0.2) is 34.1 Å². The highest BCUT2D eigenvalue weighted by molar-refractivity contribution is 5.97. The first-order valence-electron chi connectivity index (χ1n) is 8.67. The molecule has 128 valence electrons. The van der Waals surface area contributed by atoms with Crippen molar-refractivity contribution in [3.63, 3.8) is 0 Å². The summed E-state index contributed by atoms with van der Waals surface area (Å²) in [6.45, 7) is 4.51. The van der Waals surface area contributed by atoms with Crippen molar-refractivity contribution in [2.45, 2.75) is 46.0 Å². The van der Waals surface area contributed by atoms with E-state index in [9.17, 15) is 9.90 Å². The van der Waals surface area contributed by atoms with Crippen molar-refractivity contribution in [1.82, 2.24) is 15.3 Å². The molecule has 1 fully saturated rings. The van der Waals surface area contributed by atoms with Gasteiger partial charge in [-0.3, -0.25) is 4.79 Å². The first kappa shape index (κ1) is 16.8. The van der Waals surface area contributed by atoms with Gasteiger partial charge in [-0.05, 0) is 44.9 Å². The van der Waals surface area contributed by atoms with Gasteiger partial charge in [-0.2, -0.15) is 0 Å². The second kappa shape index (κ2) is 6.85. The molecule has 1 saturated carbocycles. The lowest BCUT2D eigenvalue weighted by atomic mass is 9.74. The molecule has 1 heterocycles. The summed E-state index contributed by atoms with van der Waals surface area (Å²) in [7, 11) is 0. The molecule has 0 spiro atoms. The van der Waals surface area contributed by atoms with E-state index >= 15 is 0 Å². The molecule has 0 saturated heterocycles. The van der Waals surface area contributed by atoms with E-state index in [-0.39, 0.29) is 17.9 Å². The summed E-state index contributed by atoms with van der Waals surface area (Å²) in [6.07, 6.45) is 5.43. The molecule has 2 aromatic rings. The fourth-order valence-corrected chi connectivity index (χ4v) is 3.43. The van der Waals surface area contributed by atoms with E-state index in [0.717, 1.165) is 48.1 Å². The lowest BCUT2D eigenvalue weighted by Gasteiger charge is -2.35. The van der Waals surface area contributed by atoms with Gasteiger partial charge in [0.05, 0.1) is 29.0 Å². The van der Waals surface area contributed by atoms with E-state index in [2.05, 4.69) is 15.3 Å². The average Bonchev–Trinajstić information content (AvgIpc) is 2.61. The number of benzene rings is 1. The highest BCUT2D eigenvalue weighted by atomic mass is 16.3. The maximum atomic E-state index is 12.5. The molecule has 0 bridgehead atoms. The number of aliphatic hydroxyl groups is 1. The van der Waals surface area contributed by atoms with Crippen molar-refractivity contribution in [2.75, 3.05) is 13.2 Å². The topological polar surface area (TPSA) is 75.1 Å². The van der Waals surface area contributed by atoms with Gasteiger partial charge in [-0.1, -0.05) is 19.3 Å². The quantitative estimate of drug-likeness (QED) is 0.905. The molecule has 0 unspecified atom stereocenters. The van der Waals surface area contributed by atoms with Crippen molar-refractivity contribution < 1.29 is 9.90 Å². The van der Waals surface area contributed by atoms with E-state index in [1.807, 2.05) is 19.9 Å². The van der Waals surface area contributed by atoms with Crippen LogP contribution >= 0.6 is 0 Å². The van der Waals surface area contributed by atoms with Gasteiger partial charge in [0.2, 0.25) is 0 Å². The normalized spacial score (nSPS) is 17.0. The summed E-state index contributed by atoms with van der Waals surface area (Å²) in [4.78, 5) is 21.5. The Morgan fingerprint density at radius 2 is 1.79 bits per heavy atom. The smallest absolute Gasteiger partial charge is 0.251 e. The average molecular weight is 327 g/mol. The van der Waals surface area contributed by atoms with Crippen LogP contribution in [0.2, 0.25) is 0 Å². The summed E-state index contributed by atoms with van der Waals surface area (Å²) in [5, 5.41) is 12.8. The molecule has 3 rings (SSSR count). The molecular formula is C19H25N3O2. The van der Waals surface area contributed by atoms with Crippen molar-refractivity contribution in [3.05, 3.63) is 35.2 Å². The Balaban J connectivity index is 1.75. The number of hydrogen-bond donors (Lipinski definition) is 2. The minimum Gasteiger partial charge on any atom is -0.396 e. The van der Waals surface area contributed by atoms with Crippen LogP contribution in [0, 0.1) is 19.3 Å². The number of nitrogens with zero attached hydrogens (tertiary/aromatic N) is 2. The van der Waals surface area contributed by atoms with Crippen LogP contribution in [0.15, 0.2) is 18.2 Å². The zero-order valence-electron chi connectivity index (χ0n) is 14.4. The third-order valence-electron chi connectivity index (χ3n) is 5.21. The molecule has 1 aromatic carbocycles. The molecule has 0 radical (unpaired) electrons. The molecule has 1 amide bonds. The number of fused-ring (bicyclic) bond motifs is 1. The van der Waals surface area contributed by atoms with Crippen molar-refractivity contribution in [2.24, 2.45) is 5.41 Å². The summed E-state index contributed by atoms with van der Waals surface area (Å²) in [6, 6.07) is 5.41. The minimum absolute atomic E-state index is 0.115. The van der Waals surface area contributed by atoms with Gasteiger partial charge < -0.3 is 10.4 Å². The van der Waals surface area contributed by atoms with Gasteiger partial charge in [0, 0.05) is 17.5 Å². The lowest BCUT2D eigenvalue weighted by Crippen LogP contribution is -2.41. The summed E-state index contributed by atoms with van der Waals surface area (Å²) in [5.74, 6) is -0.115. The van der Waals surface area contributed by atoms with Crippen LogP contribution in [0.5, 0.6) is 0 Å². The lowest BCUT2D eigenvalue weighted by molar-refractivity contribution is 0.0718. The van der Waals surface area contributed by atoms with Crippen LogP contribution in [0.25, 0.3) is 11.0 Å². The fraction of sp³-hybridized carbons (Fsp3) is 0.526. The Kier molecular flexibility index (Phi) is 4.81. The minimum atomic E-state index is -0.154. The monoisotopic (exact) mass is 327 g/mol. The Hall–Kier alpha value is -2.01. The van der Waals surface area contributed by atoms with Crippen LogP contribution in [-0.2, 0) is 0 Å². The Labute approximate surface area is 142 Å². The predicted molar refractivity (Wildman–Crippen MR) is 93.9 cm³/mol. The largest absolute Gasteiger partial charge is 0.396 e. The van der Waals surface area contributed by atoms with E-state index in [0.29, 0.717) is 12.1 Å². The maximum Gasteiger partial charge on any atom is 0.251 e. The van der Waals surface area contributed by atoms with Gasteiger partial charge in [0.25, 0.3) is 5.91 Å². The second-order valence-electron chi connectivity index (χ2n) is 7.00. The second-order valence-corrected chi connectivity index (χ2v) is 7.00. The number of aryl methyl sites for hydroxylation is 2. The molecule has 24 heavy (non-hydrogen) atoms. The Bertz CT molecular complexity index is 752. The van der Waals surface area contributed by atoms with Gasteiger partial charge in [-0.25, -0.2) is 9.97 Å². The molecule has 0 aliphatic heterocycles. The third-order valence-corrected chi connectivity index (χ3v) is 5.21. The molecular weight excluding hydrogens is 302 g/mol. The zero-order chi connectivity index (χ0) is 17.2. The first-order valence-corrected chi connectivity index (χ1v) is 8.67.